The van der Waals surface area contributed by atoms with E-state index in [1.165, 1.54) is 0 Å². The first-order valence-electron chi connectivity index (χ1n) is 17.7. The third-order valence-corrected chi connectivity index (χ3v) is 13.9. The molecule has 2 aromatic carbocycles. The predicted molar refractivity (Wildman–Crippen MR) is 197 cm³/mol. The predicted octanol–water partition coefficient (Wildman–Crippen LogP) is 7.76. The third-order valence-electron chi connectivity index (χ3n) is 12.2. The van der Waals surface area contributed by atoms with Crippen molar-refractivity contribution >= 4 is 44.0 Å². The molecule has 51 heavy (non-hydrogen) atoms. The summed E-state index contributed by atoms with van der Waals surface area (Å²) in [5.41, 5.74) is 0.968. The van der Waals surface area contributed by atoms with Gasteiger partial charge in [0.2, 0.25) is 0 Å². The molecule has 0 spiro atoms. The van der Waals surface area contributed by atoms with Gasteiger partial charge in [0.05, 0.1) is 42.6 Å². The number of hydrogen-bond donors (Lipinski definition) is 0. The molecule has 277 valence electrons. The second kappa shape index (κ2) is 15.1. The van der Waals surface area contributed by atoms with E-state index < -0.39 is 53.4 Å². The second-order valence-corrected chi connectivity index (χ2v) is 18.2. The molecule has 4 saturated carbocycles. The summed E-state index contributed by atoms with van der Waals surface area (Å²) >= 11 is 0. The summed E-state index contributed by atoms with van der Waals surface area (Å²) in [5.74, 6) is -1.96. The fourth-order valence-electron chi connectivity index (χ4n) is 10.3. The van der Waals surface area contributed by atoms with Gasteiger partial charge in [-0.2, -0.15) is 0 Å². The summed E-state index contributed by atoms with van der Waals surface area (Å²) in [6, 6.07) is 15.4. The van der Waals surface area contributed by atoms with Gasteiger partial charge in [-0.1, -0.05) is 118 Å². The summed E-state index contributed by atoms with van der Waals surface area (Å²) in [6.45, 7) is 19.6. The van der Waals surface area contributed by atoms with E-state index >= 15 is 0 Å². The van der Waals surface area contributed by atoms with E-state index in [4.69, 9.17) is 0 Å². The van der Waals surface area contributed by atoms with Crippen LogP contribution in [0.1, 0.15) is 93.2 Å². The molecule has 1 radical (unpaired) electrons. The van der Waals surface area contributed by atoms with Gasteiger partial charge in [0.25, 0.3) is 0 Å². The molecule has 2 unspecified atom stereocenters. The van der Waals surface area contributed by atoms with Crippen LogP contribution in [0.4, 0.5) is 0 Å². The zero-order valence-electron chi connectivity index (χ0n) is 31.6. The molecule has 0 heterocycles. The third kappa shape index (κ3) is 7.36. The second-order valence-electron chi connectivity index (χ2n) is 15.4. The van der Waals surface area contributed by atoms with Crippen molar-refractivity contribution in [3.05, 3.63) is 70.8 Å². The summed E-state index contributed by atoms with van der Waals surface area (Å²) in [4.78, 5) is 27.3. The Labute approximate surface area is 330 Å². The molecule has 6 rings (SSSR count). The van der Waals surface area contributed by atoms with Crippen LogP contribution >= 0.6 is 0 Å². The zero-order chi connectivity index (χ0) is 37.8. The van der Waals surface area contributed by atoms with E-state index in [0.29, 0.717) is 24.0 Å². The number of carbonyl (C=O) groups excluding carboxylic acids is 2. The topological polar surface area (TPSA) is 149 Å². The minimum atomic E-state index is -4.60. The number of allylic oxidation sites excluding steroid dienone is 2. The Balaban J connectivity index is 0.00000136. The van der Waals surface area contributed by atoms with E-state index in [9.17, 15) is 35.5 Å². The first kappa shape index (κ1) is 43.6. The summed E-state index contributed by atoms with van der Waals surface area (Å²) in [6.07, 6.45) is 4.45. The Morgan fingerprint density at radius 2 is 0.882 bits per heavy atom. The molecule has 11 heteroatoms. The maximum atomic E-state index is 13.6. The first-order chi connectivity index (χ1) is 23.1. The number of benzene rings is 2. The molecule has 4 fully saturated rings. The summed E-state index contributed by atoms with van der Waals surface area (Å²) < 4.78 is 70.9. The van der Waals surface area contributed by atoms with Crippen LogP contribution in [0.5, 0.6) is 0 Å². The van der Waals surface area contributed by atoms with Crippen molar-refractivity contribution in [3.8, 4) is 11.1 Å². The van der Waals surface area contributed by atoms with Crippen LogP contribution in [-0.4, -0.2) is 49.0 Å². The minimum Gasteiger partial charge on any atom is -0.748 e. The molecule has 8 nitrogen and oxygen atoms in total. The Bertz CT molecular complexity index is 1780. The van der Waals surface area contributed by atoms with Gasteiger partial charge in [-0.05, 0) is 81.7 Å². The van der Waals surface area contributed by atoms with E-state index in [-0.39, 0.29) is 67.9 Å². The van der Waals surface area contributed by atoms with Gasteiger partial charge in [0.1, 0.15) is 0 Å². The SMILES string of the molecule is CC.CC.CC1C[C@@]2(CS(=O)(=O)[O-])C(=O)/C(=C\c3ccc(-c4ccc(/C=C5\C(=O)[C@]6(CS(=O)(=O)[O-])CC(C)[C@H]5C6(C)C)cc4)cc3)[C@@H]1C2(C)C.[Y]. The quantitative estimate of drug-likeness (QED) is 0.204. The number of carbonyl (C=O) groups is 2. The van der Waals surface area contributed by atoms with Crippen molar-refractivity contribution in [1.29, 1.82) is 0 Å². The van der Waals surface area contributed by atoms with Gasteiger partial charge in [0.15, 0.2) is 11.6 Å². The molecule has 0 aliphatic heterocycles. The van der Waals surface area contributed by atoms with Gasteiger partial charge in [-0.25, -0.2) is 16.8 Å². The van der Waals surface area contributed by atoms with E-state index in [1.54, 1.807) is 0 Å². The number of fused-ring (bicyclic) bond motifs is 4. The van der Waals surface area contributed by atoms with Crippen molar-refractivity contribution in [3.63, 3.8) is 0 Å². The van der Waals surface area contributed by atoms with Gasteiger partial charge in [-0.3, -0.25) is 9.59 Å². The van der Waals surface area contributed by atoms with Crippen molar-refractivity contribution in [2.45, 2.75) is 82.1 Å². The fraction of sp³-hybridized carbons (Fsp3) is 0.550. The molecule has 2 aromatic rings. The van der Waals surface area contributed by atoms with Gasteiger partial charge in [0, 0.05) is 43.9 Å². The van der Waals surface area contributed by atoms with E-state index in [2.05, 4.69) is 0 Å². The average molecular weight is 814 g/mol. The van der Waals surface area contributed by atoms with E-state index in [1.807, 2.05) is 130 Å². The van der Waals surface area contributed by atoms with Crippen LogP contribution in [-0.2, 0) is 62.5 Å². The standard InChI is InChI=1S/C36H42O8S2.2C2H6.Y/c1-21-17-35(19-45(39,40)41)31(37)27(29(21)33(35,3)4)15-23-7-11-25(12-8-23)26-13-9-24(10-14-26)16-28-30-22(2)18-36(32(28)38,34(30,5)6)20-46(42,43)44;2*1-2;/h7-16,21-22,29-30H,17-20H2,1-6H3,(H,39,40,41)(H,42,43,44);2*1-2H3;/p-2/b27-15-,28-16-;;;/t21?,22?,29-,30-,35-,36-;;;/m1.../s1. The van der Waals surface area contributed by atoms with Gasteiger partial charge >= 0.3 is 0 Å². The summed E-state index contributed by atoms with van der Waals surface area (Å²) in [7, 11) is -9.19. The Morgan fingerprint density at radius 3 is 1.14 bits per heavy atom. The molecular formula is C40H52O8S2Y-2. The maximum absolute atomic E-state index is 13.6. The van der Waals surface area contributed by atoms with Crippen LogP contribution in [0.3, 0.4) is 0 Å². The number of hydrogen-bond acceptors (Lipinski definition) is 8. The Morgan fingerprint density at radius 1 is 0.608 bits per heavy atom. The van der Waals surface area contributed by atoms with Crippen molar-refractivity contribution in [2.75, 3.05) is 11.5 Å². The zero-order valence-corrected chi connectivity index (χ0v) is 36.0. The van der Waals surface area contributed by atoms with Crippen LogP contribution in [0, 0.1) is 45.3 Å². The molecule has 0 amide bonds. The molecule has 0 saturated heterocycles. The maximum Gasteiger partial charge on any atom is 0.166 e. The molecule has 0 N–H and O–H groups in total. The van der Waals surface area contributed by atoms with Crippen LogP contribution in [0.25, 0.3) is 23.3 Å². The van der Waals surface area contributed by atoms with Crippen molar-refractivity contribution < 1.29 is 68.2 Å². The van der Waals surface area contributed by atoms with Crippen LogP contribution in [0.15, 0.2) is 59.7 Å². The summed E-state index contributed by atoms with van der Waals surface area (Å²) in [5, 5.41) is 0. The number of ketones is 2. The van der Waals surface area contributed by atoms with Crippen molar-refractivity contribution in [1.82, 2.24) is 0 Å². The normalized spacial score (nSPS) is 31.5. The number of rotatable bonds is 7. The molecule has 6 atom stereocenters. The average Bonchev–Trinajstić information content (AvgIpc) is 3.47. The minimum absolute atomic E-state index is 0. The smallest absolute Gasteiger partial charge is 0.166 e. The van der Waals surface area contributed by atoms with Crippen molar-refractivity contribution in [2.24, 2.45) is 45.3 Å². The molecule has 4 bridgehead atoms. The van der Waals surface area contributed by atoms with Crippen LogP contribution in [0.2, 0.25) is 0 Å². The Kier molecular flexibility index (Phi) is 12.9. The van der Waals surface area contributed by atoms with E-state index in [0.717, 1.165) is 22.3 Å². The largest absolute Gasteiger partial charge is 0.748 e. The molecule has 4 aliphatic rings. The fourth-order valence-corrected chi connectivity index (χ4v) is 12.8. The number of Topliss-reactive ketones (excluding diaryl/α,β-unsaturated/α-hetero) is 2. The monoisotopic (exact) mass is 813 g/mol. The molecular weight excluding hydrogens is 761 g/mol. The van der Waals surface area contributed by atoms with Gasteiger partial charge < -0.3 is 9.11 Å². The first-order valence-corrected chi connectivity index (χ1v) is 20.9. The van der Waals surface area contributed by atoms with Gasteiger partial charge in [-0.15, -0.1) is 0 Å². The van der Waals surface area contributed by atoms with Crippen LogP contribution < -0.4 is 0 Å². The Hall–Kier alpha value is -1.82. The molecule has 0 aromatic heterocycles. The molecule has 4 aliphatic carbocycles.